The molecule has 0 aliphatic rings. The first kappa shape index (κ1) is 13.1. The van der Waals surface area contributed by atoms with E-state index in [1.165, 1.54) is 4.88 Å². The molecule has 0 fully saturated rings. The summed E-state index contributed by atoms with van der Waals surface area (Å²) in [5, 5.41) is 11.6. The number of aliphatic hydroxyl groups is 1. The number of benzene rings is 1. The number of hydrogen-bond acceptors (Lipinski definition) is 3. The molecule has 2 rings (SSSR count). The number of aryl methyl sites for hydroxylation is 1. The van der Waals surface area contributed by atoms with Crippen molar-refractivity contribution in [2.24, 2.45) is 0 Å². The van der Waals surface area contributed by atoms with E-state index in [2.05, 4.69) is 17.5 Å². The highest BCUT2D eigenvalue weighted by molar-refractivity contribution is 7.09. The molecule has 2 aromatic rings. The van der Waals surface area contributed by atoms with Gasteiger partial charge in [-0.15, -0.1) is 11.3 Å². The third-order valence-electron chi connectivity index (χ3n) is 2.87. The first-order valence-corrected chi connectivity index (χ1v) is 6.98. The van der Waals surface area contributed by atoms with Crippen molar-refractivity contribution >= 4 is 11.3 Å². The molecular formula is C15H18O2S. The molecule has 0 aliphatic carbocycles. The fourth-order valence-electron chi connectivity index (χ4n) is 1.81. The Labute approximate surface area is 112 Å². The normalized spacial score (nSPS) is 12.4. The van der Waals surface area contributed by atoms with Gasteiger partial charge < -0.3 is 9.84 Å². The summed E-state index contributed by atoms with van der Waals surface area (Å²) in [5.74, 6) is 0.899. The van der Waals surface area contributed by atoms with Crippen molar-refractivity contribution in [1.29, 1.82) is 0 Å². The largest absolute Gasteiger partial charge is 0.493 e. The zero-order valence-corrected chi connectivity index (χ0v) is 11.5. The Morgan fingerprint density at radius 3 is 2.78 bits per heavy atom. The molecule has 2 nitrogen and oxygen atoms in total. The molecule has 1 aromatic heterocycles. The summed E-state index contributed by atoms with van der Waals surface area (Å²) in [5.41, 5.74) is 2.00. The molecule has 0 saturated heterocycles. The van der Waals surface area contributed by atoms with E-state index in [0.29, 0.717) is 6.61 Å². The summed E-state index contributed by atoms with van der Waals surface area (Å²) in [7, 11) is 0. The zero-order valence-electron chi connectivity index (χ0n) is 10.7. The van der Waals surface area contributed by atoms with Crippen LogP contribution in [-0.2, 0) is 6.42 Å². The summed E-state index contributed by atoms with van der Waals surface area (Å²) in [6, 6.07) is 10.0. The minimum Gasteiger partial charge on any atom is -0.493 e. The van der Waals surface area contributed by atoms with Gasteiger partial charge in [-0.25, -0.2) is 0 Å². The van der Waals surface area contributed by atoms with Crippen molar-refractivity contribution in [2.45, 2.75) is 26.4 Å². The minimum absolute atomic E-state index is 0.427. The first-order chi connectivity index (χ1) is 8.66. The van der Waals surface area contributed by atoms with Gasteiger partial charge in [-0.1, -0.05) is 12.1 Å². The Hall–Kier alpha value is -1.32. The number of rotatable bonds is 5. The quantitative estimate of drug-likeness (QED) is 0.889. The number of thiophene rings is 1. The van der Waals surface area contributed by atoms with Gasteiger partial charge >= 0.3 is 0 Å². The maximum Gasteiger partial charge on any atom is 0.122 e. The maximum absolute atomic E-state index is 9.50. The van der Waals surface area contributed by atoms with E-state index in [1.807, 2.05) is 25.1 Å². The predicted octanol–water partition coefficient (Wildman–Crippen LogP) is 3.73. The average Bonchev–Trinajstić information content (AvgIpc) is 2.84. The standard InChI is InChI=1S/C15H18O2S/c1-11-10-13(12(2)16)5-6-15(11)17-8-7-14-4-3-9-18-14/h3-6,9-10,12,16H,7-8H2,1-2H3/t12-/m1/s1. The molecule has 0 amide bonds. The Morgan fingerprint density at radius 2 is 2.17 bits per heavy atom. The second-order valence-corrected chi connectivity index (χ2v) is 5.41. The molecule has 0 bridgehead atoms. The lowest BCUT2D eigenvalue weighted by Crippen LogP contribution is -2.02. The molecule has 96 valence electrons. The lowest BCUT2D eigenvalue weighted by molar-refractivity contribution is 0.199. The highest BCUT2D eigenvalue weighted by Crippen LogP contribution is 2.23. The Morgan fingerprint density at radius 1 is 1.33 bits per heavy atom. The smallest absolute Gasteiger partial charge is 0.122 e. The van der Waals surface area contributed by atoms with E-state index in [4.69, 9.17) is 4.74 Å². The van der Waals surface area contributed by atoms with E-state index >= 15 is 0 Å². The van der Waals surface area contributed by atoms with E-state index in [0.717, 1.165) is 23.3 Å². The Bertz CT molecular complexity index is 489. The summed E-state index contributed by atoms with van der Waals surface area (Å²) in [6.45, 7) is 4.47. The molecule has 0 radical (unpaired) electrons. The van der Waals surface area contributed by atoms with Gasteiger partial charge in [0.05, 0.1) is 12.7 Å². The van der Waals surface area contributed by atoms with Crippen molar-refractivity contribution in [1.82, 2.24) is 0 Å². The summed E-state index contributed by atoms with van der Waals surface area (Å²) >= 11 is 1.76. The van der Waals surface area contributed by atoms with Crippen LogP contribution in [0.25, 0.3) is 0 Å². The Balaban J connectivity index is 1.93. The van der Waals surface area contributed by atoms with E-state index in [-0.39, 0.29) is 0 Å². The topological polar surface area (TPSA) is 29.5 Å². The molecule has 0 aliphatic heterocycles. The average molecular weight is 262 g/mol. The van der Waals surface area contributed by atoms with Crippen LogP contribution in [0, 0.1) is 6.92 Å². The second-order valence-electron chi connectivity index (χ2n) is 4.38. The molecule has 1 atom stereocenters. The summed E-state index contributed by atoms with van der Waals surface area (Å²) in [4.78, 5) is 1.34. The van der Waals surface area contributed by atoms with Gasteiger partial charge in [-0.05, 0) is 48.6 Å². The lowest BCUT2D eigenvalue weighted by atomic mass is 10.1. The molecule has 18 heavy (non-hydrogen) atoms. The van der Waals surface area contributed by atoms with Crippen LogP contribution in [0.3, 0.4) is 0 Å². The van der Waals surface area contributed by atoms with E-state index in [1.54, 1.807) is 18.3 Å². The molecule has 0 spiro atoms. The van der Waals surface area contributed by atoms with Crippen molar-refractivity contribution < 1.29 is 9.84 Å². The number of hydrogen-bond donors (Lipinski definition) is 1. The molecular weight excluding hydrogens is 244 g/mol. The molecule has 1 N–H and O–H groups in total. The van der Waals surface area contributed by atoms with Crippen molar-refractivity contribution in [3.8, 4) is 5.75 Å². The van der Waals surface area contributed by atoms with Gasteiger partial charge in [0.15, 0.2) is 0 Å². The van der Waals surface area contributed by atoms with Gasteiger partial charge in [0.25, 0.3) is 0 Å². The van der Waals surface area contributed by atoms with Crippen LogP contribution in [0.1, 0.15) is 29.0 Å². The molecule has 0 saturated carbocycles. The minimum atomic E-state index is -0.427. The van der Waals surface area contributed by atoms with E-state index < -0.39 is 6.10 Å². The highest BCUT2D eigenvalue weighted by atomic mass is 32.1. The SMILES string of the molecule is Cc1cc([C@@H](C)O)ccc1OCCc1cccs1. The maximum atomic E-state index is 9.50. The second kappa shape index (κ2) is 6.03. The lowest BCUT2D eigenvalue weighted by Gasteiger charge is -2.11. The molecule has 3 heteroatoms. The molecule has 0 unspecified atom stereocenters. The van der Waals surface area contributed by atoms with Crippen LogP contribution in [0.15, 0.2) is 35.7 Å². The predicted molar refractivity (Wildman–Crippen MR) is 75.3 cm³/mol. The zero-order chi connectivity index (χ0) is 13.0. The first-order valence-electron chi connectivity index (χ1n) is 6.10. The van der Waals surface area contributed by atoms with Crippen LogP contribution >= 0.6 is 11.3 Å². The summed E-state index contributed by atoms with van der Waals surface area (Å²) < 4.78 is 5.77. The molecule has 1 aromatic carbocycles. The fourth-order valence-corrected chi connectivity index (χ4v) is 2.50. The van der Waals surface area contributed by atoms with Crippen LogP contribution in [0.2, 0.25) is 0 Å². The fraction of sp³-hybridized carbons (Fsp3) is 0.333. The number of ether oxygens (including phenoxy) is 1. The van der Waals surface area contributed by atoms with Gasteiger partial charge in [-0.2, -0.15) is 0 Å². The highest BCUT2D eigenvalue weighted by Gasteiger charge is 2.05. The van der Waals surface area contributed by atoms with Crippen molar-refractivity contribution in [3.05, 3.63) is 51.7 Å². The van der Waals surface area contributed by atoms with Crippen molar-refractivity contribution in [3.63, 3.8) is 0 Å². The summed E-state index contributed by atoms with van der Waals surface area (Å²) in [6.07, 6.45) is 0.513. The van der Waals surface area contributed by atoms with Gasteiger partial charge in [0.2, 0.25) is 0 Å². The van der Waals surface area contributed by atoms with E-state index in [9.17, 15) is 5.11 Å². The van der Waals surface area contributed by atoms with Gasteiger partial charge in [0.1, 0.15) is 5.75 Å². The monoisotopic (exact) mass is 262 g/mol. The van der Waals surface area contributed by atoms with Crippen LogP contribution in [-0.4, -0.2) is 11.7 Å². The van der Waals surface area contributed by atoms with Crippen LogP contribution in [0.5, 0.6) is 5.75 Å². The third-order valence-corrected chi connectivity index (χ3v) is 3.80. The van der Waals surface area contributed by atoms with Crippen molar-refractivity contribution in [2.75, 3.05) is 6.61 Å². The molecule has 1 heterocycles. The van der Waals surface area contributed by atoms with Crippen LogP contribution in [0.4, 0.5) is 0 Å². The van der Waals surface area contributed by atoms with Gasteiger partial charge in [0, 0.05) is 11.3 Å². The van der Waals surface area contributed by atoms with Crippen LogP contribution < -0.4 is 4.74 Å². The van der Waals surface area contributed by atoms with Gasteiger partial charge in [-0.3, -0.25) is 0 Å². The number of aliphatic hydroxyl groups excluding tert-OH is 1. The third kappa shape index (κ3) is 3.34. The Kier molecular flexibility index (Phi) is 4.39.